The van der Waals surface area contributed by atoms with Gasteiger partial charge in [0.25, 0.3) is 0 Å². The highest BCUT2D eigenvalue weighted by Crippen LogP contribution is 1.99. The summed E-state index contributed by atoms with van der Waals surface area (Å²) in [4.78, 5) is 34.4. The summed E-state index contributed by atoms with van der Waals surface area (Å²) < 4.78 is 4.71. The van der Waals surface area contributed by atoms with Crippen LogP contribution in [-0.4, -0.2) is 72.5 Å². The van der Waals surface area contributed by atoms with E-state index < -0.39 is 30.1 Å². The lowest BCUT2D eigenvalue weighted by molar-refractivity contribution is -0.139. The summed E-state index contributed by atoms with van der Waals surface area (Å²) in [6, 6.07) is -1.88. The number of urea groups is 1. The van der Waals surface area contributed by atoms with Gasteiger partial charge in [-0.2, -0.15) is 0 Å². The number of amides is 3. The maximum absolute atomic E-state index is 11.7. The minimum absolute atomic E-state index is 0.0121. The number of likely N-dealkylation sites (N-methyl/N-ethyl adjacent to an activating group) is 1. The number of ether oxygens (including phenoxy) is 1. The molecule has 0 rings (SSSR count). The number of carboxylic acids is 1. The number of nitrogens with one attached hydrogen (secondary N) is 1. The van der Waals surface area contributed by atoms with Crippen molar-refractivity contribution >= 4 is 17.9 Å². The van der Waals surface area contributed by atoms with Crippen LogP contribution in [-0.2, 0) is 14.3 Å². The summed E-state index contributed by atoms with van der Waals surface area (Å²) in [6.45, 7) is 0.0451. The van der Waals surface area contributed by atoms with E-state index in [1.54, 1.807) is 0 Å². The predicted octanol–water partition coefficient (Wildman–Crippen LogP) is -1.65. The van der Waals surface area contributed by atoms with Crippen LogP contribution in [0.15, 0.2) is 0 Å². The topological polar surface area (TPSA) is 142 Å². The molecule has 116 valence electrons. The molecule has 0 fully saturated rings. The smallest absolute Gasteiger partial charge is 0.326 e. The van der Waals surface area contributed by atoms with E-state index >= 15 is 0 Å². The highest BCUT2D eigenvalue weighted by atomic mass is 16.5. The summed E-state index contributed by atoms with van der Waals surface area (Å²) in [5.41, 5.74) is 4.93. The molecule has 9 heteroatoms. The zero-order valence-electron chi connectivity index (χ0n) is 11.5. The molecule has 0 aliphatic rings. The molecule has 0 heterocycles. The lowest BCUT2D eigenvalue weighted by Crippen LogP contribution is -2.49. The Morgan fingerprint density at radius 3 is 2.45 bits per heavy atom. The molecular weight excluding hydrogens is 270 g/mol. The van der Waals surface area contributed by atoms with Gasteiger partial charge in [0.05, 0.1) is 19.3 Å². The number of hydrogen-bond acceptors (Lipinski definition) is 5. The van der Waals surface area contributed by atoms with Gasteiger partial charge >= 0.3 is 12.0 Å². The van der Waals surface area contributed by atoms with Crippen molar-refractivity contribution in [2.24, 2.45) is 5.73 Å². The van der Waals surface area contributed by atoms with Gasteiger partial charge in [0, 0.05) is 20.6 Å². The van der Waals surface area contributed by atoms with Gasteiger partial charge < -0.3 is 30.9 Å². The fourth-order valence-electron chi connectivity index (χ4n) is 1.45. The van der Waals surface area contributed by atoms with Crippen LogP contribution >= 0.6 is 0 Å². The third-order valence-electron chi connectivity index (χ3n) is 2.47. The number of aliphatic hydroxyl groups is 1. The van der Waals surface area contributed by atoms with Gasteiger partial charge in [0.2, 0.25) is 5.91 Å². The van der Waals surface area contributed by atoms with Gasteiger partial charge in [0.15, 0.2) is 0 Å². The van der Waals surface area contributed by atoms with E-state index in [2.05, 4.69) is 5.32 Å². The van der Waals surface area contributed by atoms with Crippen molar-refractivity contribution in [1.29, 1.82) is 0 Å². The van der Waals surface area contributed by atoms with Crippen LogP contribution in [0.1, 0.15) is 12.8 Å². The first-order chi connectivity index (χ1) is 9.27. The normalized spacial score (nSPS) is 13.3. The molecule has 0 saturated heterocycles. The molecule has 1 unspecified atom stereocenters. The van der Waals surface area contributed by atoms with E-state index in [0.29, 0.717) is 0 Å². The van der Waals surface area contributed by atoms with E-state index in [-0.39, 0.29) is 26.0 Å². The average molecular weight is 291 g/mol. The molecule has 0 aromatic heterocycles. The molecule has 0 radical (unpaired) electrons. The molecular formula is C11H21N3O6. The molecule has 0 aromatic carbocycles. The Bertz CT molecular complexity index is 349. The van der Waals surface area contributed by atoms with Gasteiger partial charge in [-0.1, -0.05) is 0 Å². The number of hydrogen-bond donors (Lipinski definition) is 4. The van der Waals surface area contributed by atoms with Gasteiger partial charge in [0.1, 0.15) is 6.04 Å². The number of carbonyl (C=O) groups excluding carboxylic acids is 2. The number of nitrogens with two attached hydrogens (primary N) is 1. The Morgan fingerprint density at radius 2 is 2.00 bits per heavy atom. The van der Waals surface area contributed by atoms with Crippen molar-refractivity contribution in [3.05, 3.63) is 0 Å². The second kappa shape index (κ2) is 9.10. The standard InChI is InChI=1S/C11H21N3O6/c1-14(5-7(15)6-20-2)11(19)13-8(10(17)18)3-4-9(12)16/h7-8,15H,3-6H2,1-2H3,(H2,12,16)(H,13,19)(H,17,18)/t7?,8-/m1/s1. The highest BCUT2D eigenvalue weighted by Gasteiger charge is 2.23. The van der Waals surface area contributed by atoms with Crippen LogP contribution in [0.2, 0.25) is 0 Å². The van der Waals surface area contributed by atoms with Crippen molar-refractivity contribution in [3.63, 3.8) is 0 Å². The molecule has 2 atom stereocenters. The molecule has 3 amide bonds. The summed E-state index contributed by atoms with van der Waals surface area (Å²) in [5.74, 6) is -1.90. The quantitative estimate of drug-likeness (QED) is 0.401. The minimum Gasteiger partial charge on any atom is -0.480 e. The van der Waals surface area contributed by atoms with Gasteiger partial charge in [-0.3, -0.25) is 4.79 Å². The van der Waals surface area contributed by atoms with Crippen LogP contribution in [0, 0.1) is 0 Å². The Hall–Kier alpha value is -1.87. The molecule has 0 bridgehead atoms. The van der Waals surface area contributed by atoms with Crippen molar-refractivity contribution in [2.75, 3.05) is 27.3 Å². The van der Waals surface area contributed by atoms with Gasteiger partial charge in [-0.05, 0) is 6.42 Å². The molecule has 20 heavy (non-hydrogen) atoms. The number of aliphatic carboxylic acids is 1. The average Bonchev–Trinajstić information content (AvgIpc) is 2.33. The van der Waals surface area contributed by atoms with Crippen molar-refractivity contribution in [3.8, 4) is 0 Å². The molecule has 0 saturated carbocycles. The summed E-state index contributed by atoms with van der Waals surface area (Å²) in [7, 11) is 2.81. The first-order valence-corrected chi connectivity index (χ1v) is 5.97. The van der Waals surface area contributed by atoms with Crippen molar-refractivity contribution in [1.82, 2.24) is 10.2 Å². The Kier molecular flexibility index (Phi) is 8.25. The Labute approximate surface area is 116 Å². The van der Waals surface area contributed by atoms with E-state index in [1.807, 2.05) is 0 Å². The molecule has 5 N–H and O–H groups in total. The van der Waals surface area contributed by atoms with Crippen LogP contribution in [0.4, 0.5) is 4.79 Å². The first kappa shape index (κ1) is 18.1. The SMILES string of the molecule is COCC(O)CN(C)C(=O)N[C@H](CCC(N)=O)C(=O)O. The third-order valence-corrected chi connectivity index (χ3v) is 2.47. The van der Waals surface area contributed by atoms with E-state index in [9.17, 15) is 19.5 Å². The summed E-state index contributed by atoms with van der Waals surface area (Å²) in [5, 5.41) is 20.6. The fourth-order valence-corrected chi connectivity index (χ4v) is 1.45. The Morgan fingerprint density at radius 1 is 1.40 bits per heavy atom. The van der Waals surface area contributed by atoms with Crippen molar-refractivity contribution < 1.29 is 29.3 Å². The third kappa shape index (κ3) is 7.54. The summed E-state index contributed by atoms with van der Waals surface area (Å²) >= 11 is 0. The monoisotopic (exact) mass is 291 g/mol. The van der Waals surface area contributed by atoms with Crippen LogP contribution in [0.5, 0.6) is 0 Å². The van der Waals surface area contributed by atoms with Crippen LogP contribution in [0.3, 0.4) is 0 Å². The molecule has 0 spiro atoms. The second-order valence-electron chi connectivity index (χ2n) is 4.33. The molecule has 0 aliphatic heterocycles. The number of primary amides is 1. The number of carbonyl (C=O) groups is 3. The first-order valence-electron chi connectivity index (χ1n) is 5.97. The minimum atomic E-state index is -1.26. The molecule has 0 aromatic rings. The number of nitrogens with zero attached hydrogens (tertiary/aromatic N) is 1. The number of rotatable bonds is 9. The highest BCUT2D eigenvalue weighted by molar-refractivity contribution is 5.83. The maximum atomic E-state index is 11.7. The summed E-state index contributed by atoms with van der Waals surface area (Å²) in [6.07, 6.45) is -1.11. The molecule has 0 aliphatic carbocycles. The molecule has 9 nitrogen and oxygen atoms in total. The second-order valence-corrected chi connectivity index (χ2v) is 4.33. The zero-order valence-corrected chi connectivity index (χ0v) is 11.5. The largest absolute Gasteiger partial charge is 0.480 e. The van der Waals surface area contributed by atoms with Crippen LogP contribution < -0.4 is 11.1 Å². The maximum Gasteiger partial charge on any atom is 0.326 e. The zero-order chi connectivity index (χ0) is 15.7. The number of aliphatic hydroxyl groups excluding tert-OH is 1. The lowest BCUT2D eigenvalue weighted by atomic mass is 10.1. The Balaban J connectivity index is 4.36. The predicted molar refractivity (Wildman–Crippen MR) is 68.9 cm³/mol. The number of carboxylic acid groups (broad SMARTS) is 1. The van der Waals surface area contributed by atoms with Crippen molar-refractivity contribution in [2.45, 2.75) is 25.0 Å². The fraction of sp³-hybridized carbons (Fsp3) is 0.727. The van der Waals surface area contributed by atoms with Gasteiger partial charge in [-0.15, -0.1) is 0 Å². The van der Waals surface area contributed by atoms with E-state index in [1.165, 1.54) is 14.2 Å². The lowest BCUT2D eigenvalue weighted by Gasteiger charge is -2.23. The van der Waals surface area contributed by atoms with Gasteiger partial charge in [-0.25, -0.2) is 9.59 Å². The van der Waals surface area contributed by atoms with E-state index in [4.69, 9.17) is 15.6 Å². The van der Waals surface area contributed by atoms with E-state index in [0.717, 1.165) is 4.90 Å². The van der Waals surface area contributed by atoms with Crippen LogP contribution in [0.25, 0.3) is 0 Å². The number of methoxy groups -OCH3 is 1.